The van der Waals surface area contributed by atoms with Gasteiger partial charge in [-0.25, -0.2) is 4.79 Å². The fourth-order valence-electron chi connectivity index (χ4n) is 3.02. The van der Waals surface area contributed by atoms with Gasteiger partial charge < -0.3 is 16.2 Å². The van der Waals surface area contributed by atoms with E-state index in [1.165, 1.54) is 13.8 Å². The maximum absolute atomic E-state index is 12.2. The molecule has 0 atom stereocenters. The zero-order valence-corrected chi connectivity index (χ0v) is 17.6. The van der Waals surface area contributed by atoms with Crippen molar-refractivity contribution in [3.8, 4) is 0 Å². The molecule has 0 heterocycles. The maximum atomic E-state index is 12.2. The van der Waals surface area contributed by atoms with E-state index in [1.54, 1.807) is 51.1 Å². The molecule has 2 rings (SSSR count). The predicted octanol–water partition coefficient (Wildman–Crippen LogP) is 4.00. The lowest BCUT2D eigenvalue weighted by Gasteiger charge is -2.19. The van der Waals surface area contributed by atoms with Gasteiger partial charge in [0.2, 0.25) is 0 Å². The number of anilines is 2. The summed E-state index contributed by atoms with van der Waals surface area (Å²) in [6.07, 6.45) is 1.11. The molecule has 6 heteroatoms. The first kappa shape index (κ1) is 22.1. The van der Waals surface area contributed by atoms with Gasteiger partial charge in [0.25, 0.3) is 0 Å². The van der Waals surface area contributed by atoms with Gasteiger partial charge in [-0.05, 0) is 82.9 Å². The minimum absolute atomic E-state index is 0.183. The summed E-state index contributed by atoms with van der Waals surface area (Å²) in [5.41, 5.74) is 15.3. The summed E-state index contributed by atoms with van der Waals surface area (Å²) in [7, 11) is 0. The molecule has 2 aromatic carbocycles. The molecule has 0 bridgehead atoms. The summed E-state index contributed by atoms with van der Waals surface area (Å²) in [4.78, 5) is 35.9. The van der Waals surface area contributed by atoms with Gasteiger partial charge in [0.1, 0.15) is 5.60 Å². The van der Waals surface area contributed by atoms with Crippen molar-refractivity contribution in [2.75, 3.05) is 11.5 Å². The highest BCUT2D eigenvalue weighted by Crippen LogP contribution is 2.24. The van der Waals surface area contributed by atoms with E-state index in [9.17, 15) is 14.4 Å². The summed E-state index contributed by atoms with van der Waals surface area (Å²) < 4.78 is 5.36. The number of nitrogen functional groups attached to an aromatic ring is 2. The number of ketones is 2. The maximum Gasteiger partial charge on any atom is 0.338 e. The van der Waals surface area contributed by atoms with Crippen LogP contribution in [0.4, 0.5) is 11.4 Å². The second-order valence-electron chi connectivity index (χ2n) is 8.12. The van der Waals surface area contributed by atoms with Gasteiger partial charge in [0.15, 0.2) is 11.6 Å². The highest BCUT2D eigenvalue weighted by molar-refractivity contribution is 6.08. The number of nitrogens with two attached hydrogens (primary N) is 2. The quantitative estimate of drug-likeness (QED) is 0.434. The Balaban J connectivity index is 2.22. The van der Waals surface area contributed by atoms with E-state index in [2.05, 4.69) is 0 Å². The Morgan fingerprint density at radius 1 is 0.828 bits per heavy atom. The lowest BCUT2D eigenvalue weighted by atomic mass is 9.94. The molecule has 0 aliphatic heterocycles. The number of Topliss-reactive ketones (excluding diaryl/α,β-unsaturated/α-hetero) is 2. The van der Waals surface area contributed by atoms with Crippen molar-refractivity contribution >= 4 is 28.9 Å². The van der Waals surface area contributed by atoms with E-state index < -0.39 is 11.6 Å². The molecule has 0 saturated carbocycles. The molecule has 0 spiro atoms. The topological polar surface area (TPSA) is 112 Å². The normalized spacial score (nSPS) is 11.2. The molecule has 29 heavy (non-hydrogen) atoms. The fourth-order valence-corrected chi connectivity index (χ4v) is 3.02. The smallest absolute Gasteiger partial charge is 0.338 e. The lowest BCUT2D eigenvalue weighted by Crippen LogP contribution is -2.24. The zero-order chi connectivity index (χ0) is 21.9. The number of rotatable bonds is 6. The van der Waals surface area contributed by atoms with Crippen LogP contribution in [-0.4, -0.2) is 23.1 Å². The Morgan fingerprint density at radius 2 is 1.34 bits per heavy atom. The van der Waals surface area contributed by atoms with Crippen molar-refractivity contribution in [1.82, 2.24) is 0 Å². The van der Waals surface area contributed by atoms with Crippen molar-refractivity contribution in [2.45, 2.75) is 53.1 Å². The third-order valence-electron chi connectivity index (χ3n) is 4.48. The molecule has 2 aromatic rings. The Bertz CT molecular complexity index is 972. The largest absolute Gasteiger partial charge is 0.456 e. The second-order valence-corrected chi connectivity index (χ2v) is 8.12. The SMILES string of the molecule is CC(=O)c1cc(N)c(CCc2ccc(C(=O)OC(C)(C)C)cc2N)cc1C(C)=O. The lowest BCUT2D eigenvalue weighted by molar-refractivity contribution is 0.00693. The van der Waals surface area contributed by atoms with Crippen LogP contribution in [0.25, 0.3) is 0 Å². The summed E-state index contributed by atoms with van der Waals surface area (Å²) in [5, 5.41) is 0. The van der Waals surface area contributed by atoms with Crippen LogP contribution in [0, 0.1) is 0 Å². The van der Waals surface area contributed by atoms with Gasteiger partial charge in [-0.15, -0.1) is 0 Å². The molecule has 0 fully saturated rings. The third kappa shape index (κ3) is 5.67. The number of hydrogen-bond donors (Lipinski definition) is 2. The van der Waals surface area contributed by atoms with Gasteiger partial charge in [-0.2, -0.15) is 0 Å². The molecule has 0 radical (unpaired) electrons. The first-order valence-electron chi connectivity index (χ1n) is 9.45. The summed E-state index contributed by atoms with van der Waals surface area (Å²) in [6, 6.07) is 8.32. The van der Waals surface area contributed by atoms with Crippen LogP contribution in [-0.2, 0) is 17.6 Å². The molecular formula is C23H28N2O4. The number of hydrogen-bond acceptors (Lipinski definition) is 6. The molecule has 0 saturated heterocycles. The van der Waals surface area contributed by atoms with Crippen LogP contribution in [0.2, 0.25) is 0 Å². The molecule has 0 unspecified atom stereocenters. The molecule has 154 valence electrons. The van der Waals surface area contributed by atoms with Crippen molar-refractivity contribution in [2.24, 2.45) is 0 Å². The molecule has 4 N–H and O–H groups in total. The van der Waals surface area contributed by atoms with Crippen molar-refractivity contribution in [3.63, 3.8) is 0 Å². The molecule has 6 nitrogen and oxygen atoms in total. The Morgan fingerprint density at radius 3 is 1.86 bits per heavy atom. The monoisotopic (exact) mass is 396 g/mol. The molecule has 0 aliphatic carbocycles. The average Bonchev–Trinajstić information content (AvgIpc) is 2.59. The number of carbonyl (C=O) groups is 3. The van der Waals surface area contributed by atoms with Crippen molar-refractivity contribution < 1.29 is 19.1 Å². The zero-order valence-electron chi connectivity index (χ0n) is 17.6. The first-order chi connectivity index (χ1) is 13.4. The Hall–Kier alpha value is -3.15. The minimum atomic E-state index is -0.581. The van der Waals surface area contributed by atoms with Crippen molar-refractivity contribution in [3.05, 3.63) is 58.1 Å². The van der Waals surface area contributed by atoms with E-state index in [0.29, 0.717) is 40.9 Å². The van der Waals surface area contributed by atoms with E-state index in [1.807, 2.05) is 0 Å². The summed E-state index contributed by atoms with van der Waals surface area (Å²) in [5.74, 6) is -0.806. The van der Waals surface area contributed by atoms with Gasteiger partial charge in [0.05, 0.1) is 5.56 Å². The molecule has 0 amide bonds. The van der Waals surface area contributed by atoms with Gasteiger partial charge in [-0.1, -0.05) is 6.07 Å². The molecule has 0 aliphatic rings. The standard InChI is InChI=1S/C23H28N2O4/c1-13(26)18-10-16(21(25)12-19(18)14(2)27)8-6-15-7-9-17(11-20(15)24)22(28)29-23(3,4)5/h7,9-12H,6,8,24-25H2,1-5H3. The highest BCUT2D eigenvalue weighted by Gasteiger charge is 2.19. The van der Waals surface area contributed by atoms with Crippen LogP contribution >= 0.6 is 0 Å². The molecular weight excluding hydrogens is 368 g/mol. The van der Waals surface area contributed by atoms with Crippen LogP contribution in [0.15, 0.2) is 30.3 Å². The number of ether oxygens (including phenoxy) is 1. The van der Waals surface area contributed by atoms with Gasteiger partial charge >= 0.3 is 5.97 Å². The van der Waals surface area contributed by atoms with Crippen LogP contribution in [0.3, 0.4) is 0 Å². The highest BCUT2D eigenvalue weighted by atomic mass is 16.6. The number of carbonyl (C=O) groups excluding carboxylic acids is 3. The van der Waals surface area contributed by atoms with E-state index in [0.717, 1.165) is 11.1 Å². The average molecular weight is 396 g/mol. The number of esters is 1. The fraction of sp³-hybridized carbons (Fsp3) is 0.348. The predicted molar refractivity (Wildman–Crippen MR) is 114 cm³/mol. The van der Waals surface area contributed by atoms with Gasteiger partial charge in [0, 0.05) is 22.5 Å². The first-order valence-corrected chi connectivity index (χ1v) is 9.45. The third-order valence-corrected chi connectivity index (χ3v) is 4.48. The number of aryl methyl sites for hydroxylation is 2. The van der Waals surface area contributed by atoms with Crippen LogP contribution in [0.1, 0.15) is 76.8 Å². The summed E-state index contributed by atoms with van der Waals surface area (Å²) in [6.45, 7) is 8.25. The molecule has 0 aromatic heterocycles. The Labute approximate surface area is 171 Å². The Kier molecular flexibility index (Phi) is 6.47. The second kappa shape index (κ2) is 8.47. The van der Waals surface area contributed by atoms with E-state index >= 15 is 0 Å². The minimum Gasteiger partial charge on any atom is -0.456 e. The van der Waals surface area contributed by atoms with Gasteiger partial charge in [-0.3, -0.25) is 9.59 Å². The van der Waals surface area contributed by atoms with Crippen LogP contribution in [0.5, 0.6) is 0 Å². The van der Waals surface area contributed by atoms with E-state index in [-0.39, 0.29) is 11.6 Å². The van der Waals surface area contributed by atoms with E-state index in [4.69, 9.17) is 16.2 Å². The van der Waals surface area contributed by atoms with Crippen LogP contribution < -0.4 is 11.5 Å². The van der Waals surface area contributed by atoms with Crippen molar-refractivity contribution in [1.29, 1.82) is 0 Å². The number of benzene rings is 2. The summed E-state index contributed by atoms with van der Waals surface area (Å²) >= 11 is 0.